The molecule has 0 saturated carbocycles. The standard InChI is InChI=1S/C24H19ClF3N5O2S2/c1-36-19-4-2-3-17(11-19)30-20(34)13-37-23-32-31-22(33(23)18-8-6-16(25)7-9-18)15-5-10-21(29-12-15)35-14-24(26,27)28/h2-12H,13-14H2,1H3,(H,30,34). The average molecular weight is 566 g/mol. The molecule has 1 N–H and O–H groups in total. The number of rotatable bonds is 9. The van der Waals surface area contributed by atoms with E-state index in [0.717, 1.165) is 4.90 Å². The Kier molecular flexibility index (Phi) is 8.62. The van der Waals surface area contributed by atoms with Gasteiger partial charge in [-0.2, -0.15) is 13.2 Å². The van der Waals surface area contributed by atoms with Crippen molar-refractivity contribution >= 4 is 46.7 Å². The van der Waals surface area contributed by atoms with Crippen LogP contribution in [0.3, 0.4) is 0 Å². The molecule has 2 aromatic heterocycles. The van der Waals surface area contributed by atoms with Gasteiger partial charge in [0.2, 0.25) is 11.8 Å². The first-order valence-electron chi connectivity index (χ1n) is 10.7. The van der Waals surface area contributed by atoms with Crippen LogP contribution < -0.4 is 10.1 Å². The van der Waals surface area contributed by atoms with E-state index in [1.807, 2.05) is 30.5 Å². The van der Waals surface area contributed by atoms with Crippen molar-refractivity contribution < 1.29 is 22.7 Å². The van der Waals surface area contributed by atoms with Gasteiger partial charge >= 0.3 is 6.18 Å². The minimum absolute atomic E-state index is 0.0672. The van der Waals surface area contributed by atoms with E-state index in [-0.39, 0.29) is 17.5 Å². The number of thioether (sulfide) groups is 2. The first-order valence-corrected chi connectivity index (χ1v) is 13.2. The molecule has 4 rings (SSSR count). The van der Waals surface area contributed by atoms with Crippen molar-refractivity contribution in [3.8, 4) is 23.0 Å². The van der Waals surface area contributed by atoms with Crippen LogP contribution in [0.25, 0.3) is 17.1 Å². The number of nitrogens with zero attached hydrogens (tertiary/aromatic N) is 4. The molecule has 192 valence electrons. The number of ether oxygens (including phenoxy) is 1. The SMILES string of the molecule is CSc1cccc(NC(=O)CSc2nnc(-c3ccc(OCC(F)(F)F)nc3)n2-c2ccc(Cl)cc2)c1. The van der Waals surface area contributed by atoms with E-state index < -0.39 is 12.8 Å². The van der Waals surface area contributed by atoms with Gasteiger partial charge in [-0.25, -0.2) is 4.98 Å². The van der Waals surface area contributed by atoms with Crippen LogP contribution >= 0.6 is 35.1 Å². The van der Waals surface area contributed by atoms with Crippen molar-refractivity contribution in [1.82, 2.24) is 19.7 Å². The maximum Gasteiger partial charge on any atom is 0.422 e. The molecule has 0 aliphatic rings. The summed E-state index contributed by atoms with van der Waals surface area (Å²) < 4.78 is 43.7. The van der Waals surface area contributed by atoms with Gasteiger partial charge in [0.15, 0.2) is 17.6 Å². The zero-order valence-corrected chi connectivity index (χ0v) is 21.6. The number of carbonyl (C=O) groups is 1. The molecule has 0 spiro atoms. The summed E-state index contributed by atoms with van der Waals surface area (Å²) in [5, 5.41) is 12.3. The second kappa shape index (κ2) is 11.9. The number of hydrogen-bond donors (Lipinski definition) is 1. The zero-order valence-electron chi connectivity index (χ0n) is 19.2. The highest BCUT2D eigenvalue weighted by molar-refractivity contribution is 7.99. The second-order valence-electron chi connectivity index (χ2n) is 7.48. The van der Waals surface area contributed by atoms with Crippen molar-refractivity contribution in [3.05, 3.63) is 71.9 Å². The summed E-state index contributed by atoms with van der Waals surface area (Å²) in [6.07, 6.45) is -1.16. The van der Waals surface area contributed by atoms with Crippen LogP contribution in [-0.2, 0) is 4.79 Å². The molecule has 1 amide bonds. The maximum atomic E-state index is 12.6. The number of alkyl halides is 3. The van der Waals surface area contributed by atoms with Crippen molar-refractivity contribution in [2.24, 2.45) is 0 Å². The number of nitrogens with one attached hydrogen (secondary N) is 1. The molecule has 0 saturated heterocycles. The molecule has 37 heavy (non-hydrogen) atoms. The molecule has 0 radical (unpaired) electrons. The van der Waals surface area contributed by atoms with Crippen LogP contribution in [0.4, 0.5) is 18.9 Å². The van der Waals surface area contributed by atoms with Crippen LogP contribution in [-0.4, -0.2) is 50.4 Å². The molecule has 0 aliphatic carbocycles. The van der Waals surface area contributed by atoms with Crippen molar-refractivity contribution in [2.45, 2.75) is 16.2 Å². The number of benzene rings is 2. The lowest BCUT2D eigenvalue weighted by molar-refractivity contribution is -0.154. The Labute approximate surface area is 223 Å². The monoisotopic (exact) mass is 565 g/mol. The van der Waals surface area contributed by atoms with Gasteiger partial charge in [-0.15, -0.1) is 22.0 Å². The maximum absolute atomic E-state index is 12.6. The molecule has 13 heteroatoms. The largest absolute Gasteiger partial charge is 0.468 e. The molecule has 2 aromatic carbocycles. The minimum atomic E-state index is -4.47. The number of carbonyl (C=O) groups excluding carboxylic acids is 1. The van der Waals surface area contributed by atoms with E-state index in [1.165, 1.54) is 30.1 Å². The first kappa shape index (κ1) is 26.8. The highest BCUT2D eigenvalue weighted by Gasteiger charge is 2.28. The third kappa shape index (κ3) is 7.40. The highest BCUT2D eigenvalue weighted by atomic mass is 35.5. The summed E-state index contributed by atoms with van der Waals surface area (Å²) in [6, 6.07) is 17.3. The number of halogens is 4. The zero-order chi connectivity index (χ0) is 26.4. The summed E-state index contributed by atoms with van der Waals surface area (Å²) in [7, 11) is 0. The average Bonchev–Trinajstić information content (AvgIpc) is 3.30. The van der Waals surface area contributed by atoms with Gasteiger partial charge in [-0.3, -0.25) is 9.36 Å². The number of anilines is 1. The van der Waals surface area contributed by atoms with E-state index in [2.05, 4.69) is 25.2 Å². The number of hydrogen-bond acceptors (Lipinski definition) is 7. The predicted octanol–water partition coefficient (Wildman–Crippen LogP) is 6.38. The van der Waals surface area contributed by atoms with Gasteiger partial charge < -0.3 is 10.1 Å². The summed E-state index contributed by atoms with van der Waals surface area (Å²) in [6.45, 7) is -1.44. The van der Waals surface area contributed by atoms with E-state index >= 15 is 0 Å². The van der Waals surface area contributed by atoms with Gasteiger partial charge in [-0.1, -0.05) is 29.4 Å². The molecule has 2 heterocycles. The summed E-state index contributed by atoms with van der Waals surface area (Å²) in [5.74, 6) is 0.0593. The second-order valence-corrected chi connectivity index (χ2v) is 9.73. The minimum Gasteiger partial charge on any atom is -0.468 e. The highest BCUT2D eigenvalue weighted by Crippen LogP contribution is 2.29. The Hall–Kier alpha value is -3.22. The van der Waals surface area contributed by atoms with Gasteiger partial charge in [0.05, 0.1) is 5.75 Å². The lowest BCUT2D eigenvalue weighted by Crippen LogP contribution is -2.19. The molecule has 0 atom stereocenters. The Morgan fingerprint density at radius 3 is 2.57 bits per heavy atom. The van der Waals surface area contributed by atoms with E-state index in [0.29, 0.717) is 32.9 Å². The molecular weight excluding hydrogens is 547 g/mol. The van der Waals surface area contributed by atoms with E-state index in [1.54, 1.807) is 40.6 Å². The van der Waals surface area contributed by atoms with Crippen LogP contribution in [0.5, 0.6) is 5.88 Å². The van der Waals surface area contributed by atoms with Gasteiger partial charge in [0.25, 0.3) is 0 Å². The normalized spacial score (nSPS) is 11.4. The van der Waals surface area contributed by atoms with Crippen LogP contribution in [0.2, 0.25) is 5.02 Å². The molecule has 0 aliphatic heterocycles. The fourth-order valence-corrected chi connectivity index (χ4v) is 4.49. The van der Waals surface area contributed by atoms with Crippen LogP contribution in [0.15, 0.2) is 76.9 Å². The van der Waals surface area contributed by atoms with Crippen molar-refractivity contribution in [3.63, 3.8) is 0 Å². The molecule has 0 fully saturated rings. The molecular formula is C24H19ClF3N5O2S2. The molecule has 4 aromatic rings. The predicted molar refractivity (Wildman–Crippen MR) is 139 cm³/mol. The van der Waals surface area contributed by atoms with Gasteiger partial charge in [0.1, 0.15) is 0 Å². The Morgan fingerprint density at radius 1 is 1.11 bits per heavy atom. The Bertz CT molecular complexity index is 1370. The Balaban J connectivity index is 1.55. The van der Waals surface area contributed by atoms with Crippen LogP contribution in [0, 0.1) is 0 Å². The topological polar surface area (TPSA) is 81.9 Å². The first-order chi connectivity index (χ1) is 17.7. The van der Waals surface area contributed by atoms with E-state index in [4.69, 9.17) is 11.6 Å². The summed E-state index contributed by atoms with van der Waals surface area (Å²) >= 11 is 8.80. The molecule has 0 bridgehead atoms. The lowest BCUT2D eigenvalue weighted by Gasteiger charge is -2.11. The summed E-state index contributed by atoms with van der Waals surface area (Å²) in [4.78, 5) is 17.6. The fourth-order valence-electron chi connectivity index (χ4n) is 3.16. The van der Waals surface area contributed by atoms with Gasteiger partial charge in [0, 0.05) is 39.1 Å². The number of pyridine rings is 1. The van der Waals surface area contributed by atoms with Crippen molar-refractivity contribution in [1.29, 1.82) is 0 Å². The smallest absolute Gasteiger partial charge is 0.422 e. The quantitative estimate of drug-likeness (QED) is 0.236. The third-order valence-electron chi connectivity index (χ3n) is 4.78. The fraction of sp³-hybridized carbons (Fsp3) is 0.167. The molecule has 7 nitrogen and oxygen atoms in total. The summed E-state index contributed by atoms with van der Waals surface area (Å²) in [5.41, 5.74) is 1.86. The third-order valence-corrected chi connectivity index (χ3v) is 6.69. The van der Waals surface area contributed by atoms with E-state index in [9.17, 15) is 18.0 Å². The lowest BCUT2D eigenvalue weighted by atomic mass is 10.2. The molecule has 0 unspecified atom stereocenters. The Morgan fingerprint density at radius 2 is 1.89 bits per heavy atom. The van der Waals surface area contributed by atoms with Gasteiger partial charge in [-0.05, 0) is 54.8 Å². The van der Waals surface area contributed by atoms with Crippen molar-refractivity contribution in [2.75, 3.05) is 23.9 Å². The number of aromatic nitrogens is 4. The number of amides is 1. The van der Waals surface area contributed by atoms with Crippen LogP contribution in [0.1, 0.15) is 0 Å².